The van der Waals surface area contributed by atoms with Crippen LogP contribution in [0, 0.1) is 5.41 Å². The van der Waals surface area contributed by atoms with Gasteiger partial charge in [-0.3, -0.25) is 0 Å². The van der Waals surface area contributed by atoms with Gasteiger partial charge in [0.25, 0.3) is 0 Å². The van der Waals surface area contributed by atoms with Gasteiger partial charge >= 0.3 is 0 Å². The summed E-state index contributed by atoms with van der Waals surface area (Å²) in [5.41, 5.74) is 5.91. The first-order chi connectivity index (χ1) is 6.50. The molecule has 0 aromatic rings. The Morgan fingerprint density at radius 1 is 1.29 bits per heavy atom. The molecule has 0 heterocycles. The van der Waals surface area contributed by atoms with E-state index >= 15 is 0 Å². The zero-order valence-corrected chi connectivity index (χ0v) is 9.16. The number of nitrogens with one attached hydrogen (secondary N) is 1. The van der Waals surface area contributed by atoms with Crippen LogP contribution in [-0.4, -0.2) is 29.3 Å². The van der Waals surface area contributed by atoms with Crippen LogP contribution in [0.2, 0.25) is 0 Å². The zero-order chi connectivity index (χ0) is 10.3. The first-order valence-corrected chi connectivity index (χ1v) is 5.70. The van der Waals surface area contributed by atoms with E-state index in [1.807, 2.05) is 0 Å². The molecule has 0 amide bonds. The second kappa shape index (κ2) is 3.47. The molecule has 2 saturated carbocycles. The highest BCUT2D eigenvalue weighted by Crippen LogP contribution is 2.41. The average molecular weight is 198 g/mol. The third-order valence-electron chi connectivity index (χ3n) is 4.13. The van der Waals surface area contributed by atoms with Crippen molar-refractivity contribution in [2.75, 3.05) is 0 Å². The lowest BCUT2D eigenvalue weighted by molar-refractivity contribution is -0.0756. The molecule has 4 unspecified atom stereocenters. The number of hydrogen-bond acceptors (Lipinski definition) is 3. The lowest BCUT2D eigenvalue weighted by Crippen LogP contribution is -2.61. The van der Waals surface area contributed by atoms with E-state index in [0.717, 1.165) is 19.3 Å². The zero-order valence-electron chi connectivity index (χ0n) is 9.16. The van der Waals surface area contributed by atoms with E-state index in [1.54, 1.807) is 0 Å². The fourth-order valence-electron chi connectivity index (χ4n) is 2.64. The standard InChI is InChI=1S/C11H22N2O/c1-11(2)9(6-10(11)14)13-8-4-3-7(12)5-8/h7-10,13-14H,3-6,12H2,1-2H3. The Morgan fingerprint density at radius 3 is 2.43 bits per heavy atom. The van der Waals surface area contributed by atoms with E-state index in [4.69, 9.17) is 5.73 Å². The Morgan fingerprint density at radius 2 is 2.00 bits per heavy atom. The topological polar surface area (TPSA) is 58.3 Å². The Bertz CT molecular complexity index is 217. The highest BCUT2D eigenvalue weighted by Gasteiger charge is 2.47. The smallest absolute Gasteiger partial charge is 0.0621 e. The molecule has 2 fully saturated rings. The maximum atomic E-state index is 9.61. The van der Waals surface area contributed by atoms with Crippen molar-refractivity contribution in [2.45, 2.75) is 63.8 Å². The van der Waals surface area contributed by atoms with Crippen LogP contribution in [0.1, 0.15) is 39.5 Å². The Labute approximate surface area is 86.1 Å². The fourth-order valence-corrected chi connectivity index (χ4v) is 2.64. The minimum absolute atomic E-state index is 0.0483. The van der Waals surface area contributed by atoms with Crippen molar-refractivity contribution in [3.05, 3.63) is 0 Å². The van der Waals surface area contributed by atoms with Crippen LogP contribution in [0.5, 0.6) is 0 Å². The van der Waals surface area contributed by atoms with Gasteiger partial charge in [-0.25, -0.2) is 0 Å². The number of aliphatic hydroxyl groups excluding tert-OH is 1. The van der Waals surface area contributed by atoms with Gasteiger partial charge in [0.1, 0.15) is 0 Å². The monoisotopic (exact) mass is 198 g/mol. The largest absolute Gasteiger partial charge is 0.392 e. The second-order valence-corrected chi connectivity index (χ2v) is 5.56. The summed E-state index contributed by atoms with van der Waals surface area (Å²) in [5, 5.41) is 13.2. The predicted octanol–water partition coefficient (Wildman–Crippen LogP) is 0.615. The molecule has 3 nitrogen and oxygen atoms in total. The quantitative estimate of drug-likeness (QED) is 0.609. The second-order valence-electron chi connectivity index (χ2n) is 5.56. The van der Waals surface area contributed by atoms with Crippen LogP contribution < -0.4 is 11.1 Å². The number of aliphatic hydroxyl groups is 1. The molecule has 2 aliphatic rings. The molecule has 0 aromatic heterocycles. The third kappa shape index (κ3) is 1.69. The van der Waals surface area contributed by atoms with Crippen molar-refractivity contribution in [1.82, 2.24) is 5.32 Å². The van der Waals surface area contributed by atoms with Gasteiger partial charge in [0.2, 0.25) is 0 Å². The normalized spacial score (nSPS) is 46.3. The molecule has 0 bridgehead atoms. The maximum Gasteiger partial charge on any atom is 0.0621 e. The van der Waals surface area contributed by atoms with Gasteiger partial charge in [0, 0.05) is 23.5 Å². The van der Waals surface area contributed by atoms with E-state index in [0.29, 0.717) is 18.1 Å². The molecule has 0 spiro atoms. The molecule has 0 saturated heterocycles. The van der Waals surface area contributed by atoms with Crippen molar-refractivity contribution < 1.29 is 5.11 Å². The van der Waals surface area contributed by atoms with E-state index in [2.05, 4.69) is 19.2 Å². The van der Waals surface area contributed by atoms with Crippen molar-refractivity contribution in [3.63, 3.8) is 0 Å². The van der Waals surface area contributed by atoms with Gasteiger partial charge in [-0.2, -0.15) is 0 Å². The molecule has 14 heavy (non-hydrogen) atoms. The van der Waals surface area contributed by atoms with Crippen molar-refractivity contribution >= 4 is 0 Å². The summed E-state index contributed by atoms with van der Waals surface area (Å²) in [4.78, 5) is 0. The van der Waals surface area contributed by atoms with Gasteiger partial charge in [-0.15, -0.1) is 0 Å². The van der Waals surface area contributed by atoms with Gasteiger partial charge < -0.3 is 16.2 Å². The van der Waals surface area contributed by atoms with Crippen molar-refractivity contribution in [1.29, 1.82) is 0 Å². The highest BCUT2D eigenvalue weighted by atomic mass is 16.3. The molecule has 4 atom stereocenters. The molecule has 0 aliphatic heterocycles. The summed E-state index contributed by atoms with van der Waals surface area (Å²) in [7, 11) is 0. The van der Waals surface area contributed by atoms with Crippen LogP contribution in [0.25, 0.3) is 0 Å². The van der Waals surface area contributed by atoms with Gasteiger partial charge in [0.15, 0.2) is 0 Å². The summed E-state index contributed by atoms with van der Waals surface area (Å²) in [6.45, 7) is 4.27. The molecule has 2 aliphatic carbocycles. The van der Waals surface area contributed by atoms with Crippen molar-refractivity contribution in [2.24, 2.45) is 11.1 Å². The average Bonchev–Trinajstić information content (AvgIpc) is 2.51. The number of rotatable bonds is 2. The molecular weight excluding hydrogens is 176 g/mol. The van der Waals surface area contributed by atoms with Crippen LogP contribution >= 0.6 is 0 Å². The summed E-state index contributed by atoms with van der Waals surface area (Å²) < 4.78 is 0. The lowest BCUT2D eigenvalue weighted by Gasteiger charge is -2.50. The summed E-state index contributed by atoms with van der Waals surface area (Å²) in [5.74, 6) is 0. The van der Waals surface area contributed by atoms with E-state index in [1.165, 1.54) is 6.42 Å². The summed E-state index contributed by atoms with van der Waals surface area (Å²) in [6, 6.07) is 1.45. The summed E-state index contributed by atoms with van der Waals surface area (Å²) in [6.07, 6.45) is 4.22. The highest BCUT2D eigenvalue weighted by molar-refractivity contribution is 5.03. The van der Waals surface area contributed by atoms with Gasteiger partial charge in [-0.1, -0.05) is 13.8 Å². The van der Waals surface area contributed by atoms with E-state index < -0.39 is 0 Å². The van der Waals surface area contributed by atoms with Crippen LogP contribution in [-0.2, 0) is 0 Å². The van der Waals surface area contributed by atoms with Gasteiger partial charge in [-0.05, 0) is 25.7 Å². The Balaban J connectivity index is 1.82. The Hall–Kier alpha value is -0.120. The van der Waals surface area contributed by atoms with E-state index in [-0.39, 0.29) is 11.5 Å². The minimum atomic E-state index is -0.130. The number of nitrogens with two attached hydrogens (primary N) is 1. The molecule has 0 radical (unpaired) electrons. The molecule has 4 N–H and O–H groups in total. The predicted molar refractivity (Wildman–Crippen MR) is 56.9 cm³/mol. The molecular formula is C11H22N2O. The van der Waals surface area contributed by atoms with Crippen LogP contribution in [0.4, 0.5) is 0 Å². The number of hydrogen-bond donors (Lipinski definition) is 3. The first kappa shape index (κ1) is 10.4. The molecule has 0 aromatic carbocycles. The van der Waals surface area contributed by atoms with Gasteiger partial charge in [0.05, 0.1) is 6.10 Å². The molecule has 3 heteroatoms. The molecule has 2 rings (SSSR count). The lowest BCUT2D eigenvalue weighted by atomic mass is 9.64. The SMILES string of the molecule is CC1(C)C(O)CC1NC1CCC(N)C1. The van der Waals surface area contributed by atoms with Crippen LogP contribution in [0.15, 0.2) is 0 Å². The van der Waals surface area contributed by atoms with Crippen LogP contribution in [0.3, 0.4) is 0 Å². The third-order valence-corrected chi connectivity index (χ3v) is 4.13. The minimum Gasteiger partial charge on any atom is -0.392 e. The molecule has 82 valence electrons. The van der Waals surface area contributed by atoms with E-state index in [9.17, 15) is 5.11 Å². The maximum absolute atomic E-state index is 9.61. The summed E-state index contributed by atoms with van der Waals surface area (Å²) >= 11 is 0. The Kier molecular flexibility index (Phi) is 2.58. The van der Waals surface area contributed by atoms with Crippen molar-refractivity contribution in [3.8, 4) is 0 Å². The first-order valence-electron chi connectivity index (χ1n) is 5.70. The fraction of sp³-hybridized carbons (Fsp3) is 1.00.